The highest BCUT2D eigenvalue weighted by molar-refractivity contribution is 5.68. The molecule has 5 heteroatoms. The Hall–Kier alpha value is -2.17. The molecule has 1 aromatic heterocycles. The van der Waals surface area contributed by atoms with E-state index < -0.39 is 0 Å². The highest BCUT2D eigenvalue weighted by atomic mass is 15.4. The molecule has 2 aliphatic rings. The van der Waals surface area contributed by atoms with Crippen LogP contribution in [0.5, 0.6) is 0 Å². The molecule has 3 heterocycles. The van der Waals surface area contributed by atoms with Crippen molar-refractivity contribution in [2.75, 3.05) is 22.9 Å². The molecule has 5 nitrogen and oxygen atoms in total. The molecule has 2 aliphatic heterocycles. The van der Waals surface area contributed by atoms with Gasteiger partial charge < -0.3 is 9.80 Å². The predicted octanol–water partition coefficient (Wildman–Crippen LogP) is 3.19. The maximum atomic E-state index is 4.83. The van der Waals surface area contributed by atoms with Gasteiger partial charge in [-0.2, -0.15) is 10.1 Å². The van der Waals surface area contributed by atoms with Gasteiger partial charge in [-0.3, -0.25) is 0 Å². The number of fused-ring (bicyclic) bond motifs is 1. The topological polar surface area (TPSA) is 45.2 Å². The number of hydrogen-bond donors (Lipinski definition) is 0. The molecule has 0 radical (unpaired) electrons. The summed E-state index contributed by atoms with van der Waals surface area (Å²) in [7, 11) is 0. The van der Waals surface area contributed by atoms with Crippen molar-refractivity contribution in [3.63, 3.8) is 0 Å². The molecule has 1 fully saturated rings. The lowest BCUT2D eigenvalue weighted by Crippen LogP contribution is -2.35. The van der Waals surface area contributed by atoms with Crippen LogP contribution in [0.4, 0.5) is 17.5 Å². The smallest absolute Gasteiger partial charge is 0.247 e. The van der Waals surface area contributed by atoms with E-state index in [1.54, 1.807) is 6.20 Å². The summed E-state index contributed by atoms with van der Waals surface area (Å²) < 4.78 is 0. The van der Waals surface area contributed by atoms with Crippen LogP contribution >= 0.6 is 0 Å². The van der Waals surface area contributed by atoms with E-state index in [9.17, 15) is 0 Å². The van der Waals surface area contributed by atoms with E-state index >= 15 is 0 Å². The van der Waals surface area contributed by atoms with Gasteiger partial charge in [-0.05, 0) is 43.7 Å². The second-order valence-corrected chi connectivity index (χ2v) is 6.84. The van der Waals surface area contributed by atoms with Gasteiger partial charge in [-0.15, -0.1) is 5.10 Å². The molecular formula is C18H23N5. The summed E-state index contributed by atoms with van der Waals surface area (Å²) in [6.07, 6.45) is 5.25. The van der Waals surface area contributed by atoms with E-state index in [4.69, 9.17) is 4.98 Å². The number of anilines is 3. The number of aromatic nitrogens is 3. The summed E-state index contributed by atoms with van der Waals surface area (Å²) in [4.78, 5) is 9.39. The number of para-hydroxylation sites is 1. The fourth-order valence-corrected chi connectivity index (χ4v) is 3.66. The van der Waals surface area contributed by atoms with Gasteiger partial charge in [0.25, 0.3) is 0 Å². The van der Waals surface area contributed by atoms with E-state index in [-0.39, 0.29) is 0 Å². The normalized spacial score (nSPS) is 21.6. The number of hydrogen-bond acceptors (Lipinski definition) is 5. The lowest BCUT2D eigenvalue weighted by molar-refractivity contribution is 0.433. The molecule has 0 bridgehead atoms. The molecular weight excluding hydrogens is 286 g/mol. The van der Waals surface area contributed by atoms with Crippen molar-refractivity contribution in [3.8, 4) is 0 Å². The zero-order valence-electron chi connectivity index (χ0n) is 13.8. The molecule has 0 amide bonds. The first kappa shape index (κ1) is 14.4. The monoisotopic (exact) mass is 309 g/mol. The third kappa shape index (κ3) is 2.64. The molecule has 0 N–H and O–H groups in total. The van der Waals surface area contributed by atoms with Crippen LogP contribution in [0.1, 0.15) is 32.3 Å². The zero-order chi connectivity index (χ0) is 15.8. The van der Waals surface area contributed by atoms with Crippen molar-refractivity contribution in [3.05, 3.63) is 36.0 Å². The molecule has 23 heavy (non-hydrogen) atoms. The first-order valence-corrected chi connectivity index (χ1v) is 8.54. The molecule has 0 spiro atoms. The fraction of sp³-hybridized carbons (Fsp3) is 0.500. The lowest BCUT2D eigenvalue weighted by atomic mass is 10.00. The van der Waals surface area contributed by atoms with Gasteiger partial charge in [0.1, 0.15) is 0 Å². The minimum Gasteiger partial charge on any atom is -0.339 e. The van der Waals surface area contributed by atoms with Crippen LogP contribution in [-0.4, -0.2) is 34.3 Å². The maximum absolute atomic E-state index is 4.83. The SMILES string of the molecule is CC1CCN(c2nncc(N3c4ccccc4CC3C)n2)CC1. The summed E-state index contributed by atoms with van der Waals surface area (Å²) in [6.45, 7) is 6.61. The second kappa shape index (κ2) is 5.80. The van der Waals surface area contributed by atoms with Gasteiger partial charge in [-0.25, -0.2) is 0 Å². The summed E-state index contributed by atoms with van der Waals surface area (Å²) in [5.74, 6) is 2.48. The van der Waals surface area contributed by atoms with Gasteiger partial charge in [0.15, 0.2) is 5.82 Å². The molecule has 120 valence electrons. The standard InChI is InChI=1S/C18H23N5/c1-13-7-9-22(10-8-13)18-20-17(12-19-21-18)23-14(2)11-15-5-3-4-6-16(15)23/h3-6,12-14H,7-11H2,1-2H3. The van der Waals surface area contributed by atoms with Crippen molar-refractivity contribution in [2.24, 2.45) is 5.92 Å². The van der Waals surface area contributed by atoms with Crippen molar-refractivity contribution in [1.29, 1.82) is 0 Å². The Morgan fingerprint density at radius 3 is 2.70 bits per heavy atom. The molecule has 0 aliphatic carbocycles. The number of benzene rings is 1. The second-order valence-electron chi connectivity index (χ2n) is 6.84. The minimum atomic E-state index is 0.401. The minimum absolute atomic E-state index is 0.401. The van der Waals surface area contributed by atoms with Gasteiger partial charge in [0, 0.05) is 24.8 Å². The van der Waals surface area contributed by atoms with Crippen molar-refractivity contribution in [2.45, 2.75) is 39.2 Å². The number of piperidine rings is 1. The van der Waals surface area contributed by atoms with Crippen LogP contribution in [0.2, 0.25) is 0 Å². The first-order valence-electron chi connectivity index (χ1n) is 8.54. The van der Waals surface area contributed by atoms with Crippen LogP contribution in [0, 0.1) is 5.92 Å². The Morgan fingerprint density at radius 2 is 1.87 bits per heavy atom. The first-order chi connectivity index (χ1) is 11.2. The number of rotatable bonds is 2. The molecule has 1 unspecified atom stereocenters. The summed E-state index contributed by atoms with van der Waals surface area (Å²) in [6, 6.07) is 8.97. The Balaban J connectivity index is 1.64. The predicted molar refractivity (Wildman–Crippen MR) is 92.2 cm³/mol. The Morgan fingerprint density at radius 1 is 1.09 bits per heavy atom. The van der Waals surface area contributed by atoms with Crippen LogP contribution < -0.4 is 9.80 Å². The molecule has 4 rings (SSSR count). The maximum Gasteiger partial charge on any atom is 0.247 e. The summed E-state index contributed by atoms with van der Waals surface area (Å²) in [5, 5.41) is 8.51. The molecule has 1 aromatic carbocycles. The van der Waals surface area contributed by atoms with Gasteiger partial charge in [0.2, 0.25) is 5.95 Å². The Kier molecular flexibility index (Phi) is 3.63. The van der Waals surface area contributed by atoms with Crippen LogP contribution in [0.15, 0.2) is 30.5 Å². The fourth-order valence-electron chi connectivity index (χ4n) is 3.66. The molecule has 2 aromatic rings. The van der Waals surface area contributed by atoms with Crippen molar-refractivity contribution >= 4 is 17.5 Å². The quantitative estimate of drug-likeness (QED) is 0.852. The number of nitrogens with zero attached hydrogens (tertiary/aromatic N) is 5. The third-order valence-electron chi connectivity index (χ3n) is 5.06. The van der Waals surface area contributed by atoms with E-state index in [2.05, 4.69) is 58.1 Å². The highest BCUT2D eigenvalue weighted by Gasteiger charge is 2.29. The molecule has 1 atom stereocenters. The Labute approximate surface area is 137 Å². The lowest BCUT2D eigenvalue weighted by Gasteiger charge is -2.31. The van der Waals surface area contributed by atoms with Gasteiger partial charge in [-0.1, -0.05) is 25.1 Å². The van der Waals surface area contributed by atoms with Gasteiger partial charge >= 0.3 is 0 Å². The largest absolute Gasteiger partial charge is 0.339 e. The van der Waals surface area contributed by atoms with Crippen molar-refractivity contribution < 1.29 is 0 Å². The van der Waals surface area contributed by atoms with E-state index in [1.165, 1.54) is 24.1 Å². The van der Waals surface area contributed by atoms with Crippen LogP contribution in [0.3, 0.4) is 0 Å². The van der Waals surface area contributed by atoms with Crippen LogP contribution in [0.25, 0.3) is 0 Å². The van der Waals surface area contributed by atoms with Crippen molar-refractivity contribution in [1.82, 2.24) is 15.2 Å². The molecule has 0 saturated carbocycles. The average molecular weight is 309 g/mol. The van der Waals surface area contributed by atoms with E-state index in [0.29, 0.717) is 6.04 Å². The summed E-state index contributed by atoms with van der Waals surface area (Å²) >= 11 is 0. The van der Waals surface area contributed by atoms with Crippen LogP contribution in [-0.2, 0) is 6.42 Å². The van der Waals surface area contributed by atoms with Gasteiger partial charge in [0.05, 0.1) is 6.20 Å². The van der Waals surface area contributed by atoms with E-state index in [1.807, 2.05) is 0 Å². The molecule has 1 saturated heterocycles. The highest BCUT2D eigenvalue weighted by Crippen LogP contribution is 2.37. The van der Waals surface area contributed by atoms with E-state index in [0.717, 1.165) is 37.2 Å². The summed E-state index contributed by atoms with van der Waals surface area (Å²) in [5.41, 5.74) is 2.63. The average Bonchev–Trinajstić information content (AvgIpc) is 2.91. The third-order valence-corrected chi connectivity index (χ3v) is 5.06. The zero-order valence-corrected chi connectivity index (χ0v) is 13.8. The Bertz CT molecular complexity index is 693.